The molecule has 0 fully saturated rings. The minimum Gasteiger partial charge on any atom is -0.493 e. The second kappa shape index (κ2) is 7.08. The smallest absolute Gasteiger partial charge is 0.192 e. The van der Waals surface area contributed by atoms with Gasteiger partial charge in [0.25, 0.3) is 0 Å². The Morgan fingerprint density at radius 2 is 1.20 bits per heavy atom. The molecule has 0 saturated heterocycles. The molecule has 0 aromatic heterocycles. The number of fused-ring (bicyclic) bond motifs is 4. The number of benzene rings is 2. The molecule has 0 saturated carbocycles. The van der Waals surface area contributed by atoms with E-state index in [2.05, 4.69) is 58.5 Å². The highest BCUT2D eigenvalue weighted by atomic mass is 127. The van der Waals surface area contributed by atoms with Gasteiger partial charge in [0, 0.05) is 5.41 Å². The third-order valence-corrected chi connectivity index (χ3v) is 7.35. The average Bonchev–Trinajstić information content (AvgIpc) is 3.05. The minimum absolute atomic E-state index is 0.00814. The lowest BCUT2D eigenvalue weighted by Crippen LogP contribution is -2.27. The molecular formula is C25H29IO4. The Bertz CT molecular complexity index is 1020. The second-order valence-electron chi connectivity index (χ2n) is 9.66. The largest absolute Gasteiger partial charge is 0.493 e. The summed E-state index contributed by atoms with van der Waals surface area (Å²) in [5, 5.41) is 0. The molecule has 4 rings (SSSR count). The zero-order valence-electron chi connectivity index (χ0n) is 18.5. The second-order valence-corrected chi connectivity index (χ2v) is 10.1. The summed E-state index contributed by atoms with van der Waals surface area (Å²) in [7, 11) is 3.39. The first-order chi connectivity index (χ1) is 14.1. The molecule has 0 heterocycles. The molecule has 2 aliphatic rings. The van der Waals surface area contributed by atoms with E-state index in [9.17, 15) is 0 Å². The van der Waals surface area contributed by atoms with Gasteiger partial charge in [-0.3, -0.25) is 0 Å². The molecule has 1 unspecified atom stereocenters. The number of methoxy groups -OCH3 is 2. The van der Waals surface area contributed by atoms with Gasteiger partial charge in [-0.25, -0.2) is 0 Å². The first kappa shape index (κ1) is 21.3. The van der Waals surface area contributed by atoms with E-state index in [1.807, 2.05) is 23.0 Å². The molecule has 0 bridgehead atoms. The van der Waals surface area contributed by atoms with Crippen molar-refractivity contribution < 1.29 is 17.3 Å². The van der Waals surface area contributed by atoms with Gasteiger partial charge in [-0.05, 0) is 70.2 Å². The van der Waals surface area contributed by atoms with Crippen molar-refractivity contribution in [3.05, 3.63) is 59.4 Å². The predicted molar refractivity (Wildman–Crippen MR) is 128 cm³/mol. The molecule has 2 aliphatic carbocycles. The van der Waals surface area contributed by atoms with Gasteiger partial charge in [0.1, 0.15) is 0 Å². The van der Waals surface area contributed by atoms with Crippen molar-refractivity contribution in [1.82, 2.24) is 0 Å². The van der Waals surface area contributed by atoms with Gasteiger partial charge in [-0.1, -0.05) is 34.3 Å². The normalized spacial score (nSPS) is 22.4. The molecule has 2 aromatic carbocycles. The molecule has 1 atom stereocenters. The van der Waals surface area contributed by atoms with Crippen molar-refractivity contribution in [3.8, 4) is 23.0 Å². The Morgan fingerprint density at radius 3 is 1.63 bits per heavy atom. The summed E-state index contributed by atoms with van der Waals surface area (Å²) in [6, 6.07) is 8.65. The van der Waals surface area contributed by atoms with E-state index in [0.717, 1.165) is 30.1 Å². The van der Waals surface area contributed by atoms with E-state index >= 15 is 0 Å². The van der Waals surface area contributed by atoms with Gasteiger partial charge >= 0.3 is 0 Å². The maximum absolute atomic E-state index is 5.69. The maximum atomic E-state index is 5.69. The van der Waals surface area contributed by atoms with Crippen molar-refractivity contribution >= 4 is 23.0 Å². The quantitative estimate of drug-likeness (QED) is 0.329. The van der Waals surface area contributed by atoms with Crippen molar-refractivity contribution in [2.75, 3.05) is 14.2 Å². The molecule has 1 spiro atoms. The summed E-state index contributed by atoms with van der Waals surface area (Å²) < 4.78 is 22.7. The molecule has 2 aromatic rings. The number of hydrogen-bond donors (Lipinski definition) is 0. The lowest BCUT2D eigenvalue weighted by molar-refractivity contribution is 0.348. The van der Waals surface area contributed by atoms with Gasteiger partial charge < -0.3 is 17.3 Å². The highest BCUT2D eigenvalue weighted by molar-refractivity contribution is 14.1. The number of ether oxygens (including phenoxy) is 3. The van der Waals surface area contributed by atoms with Crippen LogP contribution < -0.4 is 17.3 Å². The lowest BCUT2D eigenvalue weighted by atomic mass is 9.72. The van der Waals surface area contributed by atoms with E-state index in [4.69, 9.17) is 17.3 Å². The van der Waals surface area contributed by atoms with Crippen LogP contribution in [0.3, 0.4) is 0 Å². The summed E-state index contributed by atoms with van der Waals surface area (Å²) in [6.45, 7) is 13.0. The van der Waals surface area contributed by atoms with Crippen LogP contribution in [0.5, 0.6) is 23.0 Å². The maximum Gasteiger partial charge on any atom is 0.192 e. The van der Waals surface area contributed by atoms with Crippen LogP contribution in [0, 0.1) is 0 Å². The van der Waals surface area contributed by atoms with Crippen LogP contribution >= 0.6 is 23.0 Å². The Hall–Kier alpha value is -1.89. The summed E-state index contributed by atoms with van der Waals surface area (Å²) in [5.74, 6) is 2.98. The third kappa shape index (κ3) is 2.92. The Balaban J connectivity index is 2.02. The first-order valence-corrected chi connectivity index (χ1v) is 11.0. The topological polar surface area (TPSA) is 36.9 Å². The van der Waals surface area contributed by atoms with Gasteiger partial charge in [0.05, 0.1) is 20.5 Å². The zero-order chi connectivity index (χ0) is 21.9. The molecule has 4 nitrogen and oxygen atoms in total. The van der Waals surface area contributed by atoms with Gasteiger partial charge in [0.15, 0.2) is 46.0 Å². The van der Waals surface area contributed by atoms with Gasteiger partial charge in [0.2, 0.25) is 0 Å². The van der Waals surface area contributed by atoms with Crippen LogP contribution in [-0.2, 0) is 16.2 Å². The van der Waals surface area contributed by atoms with E-state index < -0.39 is 0 Å². The molecule has 0 radical (unpaired) electrons. The molecule has 30 heavy (non-hydrogen) atoms. The first-order valence-electron chi connectivity index (χ1n) is 10.2. The standard InChI is InChI=1S/C25H29IO4/c1-8-29-21-10-16-18(12-22(21)30-26)25(14-24(16,4)5)13-23(2,3)15-9-19(27-6)20(28-7)11-17(15)25/h8-12H,1,13-14H2,2-7H3. The Labute approximate surface area is 193 Å². The van der Waals surface area contributed by atoms with Crippen LogP contribution in [0.4, 0.5) is 0 Å². The summed E-state index contributed by atoms with van der Waals surface area (Å²) in [6.07, 6.45) is 3.48. The highest BCUT2D eigenvalue weighted by Gasteiger charge is 2.57. The zero-order valence-corrected chi connectivity index (χ0v) is 20.7. The SMILES string of the molecule is C=COc1cc2c(cc1OI)C1(CC(C)(C)c3cc(OC)c(OC)cc31)CC2(C)C. The van der Waals surface area contributed by atoms with E-state index in [-0.39, 0.29) is 16.2 Å². The van der Waals surface area contributed by atoms with Gasteiger partial charge in [-0.15, -0.1) is 0 Å². The number of rotatable bonds is 5. The summed E-state index contributed by atoms with van der Waals surface area (Å²) in [4.78, 5) is 0. The number of halogens is 1. The van der Waals surface area contributed by atoms with Crippen LogP contribution in [0.25, 0.3) is 0 Å². The Morgan fingerprint density at radius 1 is 0.767 bits per heavy atom. The lowest BCUT2D eigenvalue weighted by Gasteiger charge is -2.30. The Kier molecular flexibility index (Phi) is 5.03. The molecule has 0 N–H and O–H groups in total. The van der Waals surface area contributed by atoms with Crippen LogP contribution in [0.1, 0.15) is 62.8 Å². The molecule has 5 heteroatoms. The highest BCUT2D eigenvalue weighted by Crippen LogP contribution is 2.64. The van der Waals surface area contributed by atoms with E-state index in [1.165, 1.54) is 28.5 Å². The molecule has 0 aliphatic heterocycles. The van der Waals surface area contributed by atoms with Crippen molar-refractivity contribution in [1.29, 1.82) is 0 Å². The van der Waals surface area contributed by atoms with Crippen molar-refractivity contribution in [2.24, 2.45) is 0 Å². The fourth-order valence-corrected chi connectivity index (χ4v) is 6.22. The third-order valence-electron chi connectivity index (χ3n) is 6.88. The van der Waals surface area contributed by atoms with Crippen molar-refractivity contribution in [3.63, 3.8) is 0 Å². The van der Waals surface area contributed by atoms with Crippen LogP contribution in [0.2, 0.25) is 0 Å². The van der Waals surface area contributed by atoms with Crippen LogP contribution in [-0.4, -0.2) is 14.2 Å². The summed E-state index contributed by atoms with van der Waals surface area (Å²) in [5.41, 5.74) is 5.15. The molecular weight excluding hydrogens is 491 g/mol. The van der Waals surface area contributed by atoms with Crippen molar-refractivity contribution in [2.45, 2.75) is 56.8 Å². The van der Waals surface area contributed by atoms with Gasteiger partial charge in [-0.2, -0.15) is 0 Å². The molecule has 0 amide bonds. The molecule has 160 valence electrons. The van der Waals surface area contributed by atoms with E-state index in [1.54, 1.807) is 14.2 Å². The predicted octanol–water partition coefficient (Wildman–Crippen LogP) is 6.60. The average molecular weight is 520 g/mol. The monoisotopic (exact) mass is 520 g/mol. The van der Waals surface area contributed by atoms with E-state index in [0.29, 0.717) is 5.75 Å². The minimum atomic E-state index is -0.117. The fraction of sp³-hybridized carbons (Fsp3) is 0.440. The number of hydrogen-bond acceptors (Lipinski definition) is 4. The fourth-order valence-electron chi connectivity index (χ4n) is 5.88. The van der Waals surface area contributed by atoms with Crippen LogP contribution in [0.15, 0.2) is 37.1 Å². The summed E-state index contributed by atoms with van der Waals surface area (Å²) >= 11 is 1.92.